The van der Waals surface area contributed by atoms with Gasteiger partial charge in [0.05, 0.1) is 0 Å². The minimum Gasteiger partial charge on any atom is -0.387 e. The quantitative estimate of drug-likeness (QED) is 0.901. The zero-order valence-corrected chi connectivity index (χ0v) is 13.1. The van der Waals surface area contributed by atoms with Crippen LogP contribution in [0.25, 0.3) is 0 Å². The van der Waals surface area contributed by atoms with Crippen LogP contribution in [-0.2, 0) is 9.63 Å². The van der Waals surface area contributed by atoms with Crippen molar-refractivity contribution in [2.24, 2.45) is 5.16 Å². The lowest BCUT2D eigenvalue weighted by molar-refractivity contribution is -0.115. The Labute approximate surface area is 126 Å². The van der Waals surface area contributed by atoms with Crippen molar-refractivity contribution in [3.8, 4) is 0 Å². The van der Waals surface area contributed by atoms with Gasteiger partial charge in [-0.05, 0) is 33.5 Å². The lowest BCUT2D eigenvalue weighted by Gasteiger charge is -2.32. The van der Waals surface area contributed by atoms with E-state index in [2.05, 4.69) is 29.2 Å². The highest BCUT2D eigenvalue weighted by Gasteiger charge is 2.28. The summed E-state index contributed by atoms with van der Waals surface area (Å²) in [6, 6.07) is 9.83. The van der Waals surface area contributed by atoms with Crippen LogP contribution in [0.5, 0.6) is 0 Å². The lowest BCUT2D eigenvalue weighted by Crippen LogP contribution is -2.49. The second-order valence-corrected chi connectivity index (χ2v) is 6.14. The first-order valence-electron chi connectivity index (χ1n) is 7.13. The van der Waals surface area contributed by atoms with Crippen LogP contribution in [0.3, 0.4) is 0 Å². The van der Waals surface area contributed by atoms with Gasteiger partial charge in [-0.25, -0.2) is 0 Å². The first-order valence-corrected chi connectivity index (χ1v) is 7.13. The fourth-order valence-corrected chi connectivity index (χ4v) is 1.91. The molecule has 0 saturated carbocycles. The van der Waals surface area contributed by atoms with Crippen LogP contribution in [0.1, 0.15) is 31.9 Å². The molecule has 1 atom stereocenters. The minimum absolute atomic E-state index is 0.103. The summed E-state index contributed by atoms with van der Waals surface area (Å²) in [5, 5.41) is 6.86. The second kappa shape index (κ2) is 6.26. The highest BCUT2D eigenvalue weighted by Crippen LogP contribution is 2.26. The van der Waals surface area contributed by atoms with Gasteiger partial charge in [0.15, 0.2) is 6.10 Å². The summed E-state index contributed by atoms with van der Waals surface area (Å²) >= 11 is 0. The Kier molecular flexibility index (Phi) is 4.63. The highest BCUT2D eigenvalue weighted by atomic mass is 16.6. The standard InChI is InChI=1S/C16H23N3O2/c1-16(2,19(3)4)11-17-15(20)13-10-14(21-18-13)12-8-6-5-7-9-12/h5-9,14H,10-11H2,1-4H3,(H,17,20). The molecule has 1 amide bonds. The molecule has 0 spiro atoms. The number of carbonyl (C=O) groups excluding carboxylic acids is 1. The predicted molar refractivity (Wildman–Crippen MR) is 83.1 cm³/mol. The minimum atomic E-state index is -0.159. The summed E-state index contributed by atoms with van der Waals surface area (Å²) in [6.45, 7) is 4.72. The first kappa shape index (κ1) is 15.5. The maximum absolute atomic E-state index is 12.2. The van der Waals surface area contributed by atoms with Crippen LogP contribution in [0.4, 0.5) is 0 Å². The third-order valence-electron chi connectivity index (χ3n) is 3.99. The van der Waals surface area contributed by atoms with Gasteiger partial charge in [0, 0.05) is 18.5 Å². The van der Waals surface area contributed by atoms with Crippen LogP contribution < -0.4 is 5.32 Å². The molecular formula is C16H23N3O2. The van der Waals surface area contributed by atoms with E-state index in [1.54, 1.807) is 0 Å². The van der Waals surface area contributed by atoms with E-state index < -0.39 is 0 Å². The van der Waals surface area contributed by atoms with Crippen molar-refractivity contribution >= 4 is 11.6 Å². The second-order valence-electron chi connectivity index (χ2n) is 6.14. The smallest absolute Gasteiger partial charge is 0.269 e. The van der Waals surface area contributed by atoms with Gasteiger partial charge in [-0.3, -0.25) is 4.79 Å². The molecule has 1 aliphatic rings. The van der Waals surface area contributed by atoms with Crippen molar-refractivity contribution in [3.05, 3.63) is 35.9 Å². The molecule has 5 nitrogen and oxygen atoms in total. The Morgan fingerprint density at radius 1 is 1.38 bits per heavy atom. The topological polar surface area (TPSA) is 53.9 Å². The number of carbonyl (C=O) groups is 1. The number of hydrogen-bond donors (Lipinski definition) is 1. The van der Waals surface area contributed by atoms with Crippen molar-refractivity contribution in [1.82, 2.24) is 10.2 Å². The predicted octanol–water partition coefficient (Wildman–Crippen LogP) is 1.96. The third-order valence-corrected chi connectivity index (χ3v) is 3.99. The molecule has 0 fully saturated rings. The van der Waals surface area contributed by atoms with Gasteiger partial charge < -0.3 is 15.1 Å². The van der Waals surface area contributed by atoms with Gasteiger partial charge in [0.25, 0.3) is 5.91 Å². The van der Waals surface area contributed by atoms with E-state index in [0.29, 0.717) is 18.7 Å². The number of nitrogens with one attached hydrogen (secondary N) is 1. The first-order chi connectivity index (χ1) is 9.90. The van der Waals surface area contributed by atoms with Gasteiger partial charge in [-0.1, -0.05) is 35.5 Å². The van der Waals surface area contributed by atoms with Crippen LogP contribution in [0.2, 0.25) is 0 Å². The van der Waals surface area contributed by atoms with E-state index in [1.165, 1.54) is 0 Å². The maximum atomic E-state index is 12.2. The molecule has 2 rings (SSSR count). The van der Waals surface area contributed by atoms with Crippen molar-refractivity contribution < 1.29 is 9.63 Å². The maximum Gasteiger partial charge on any atom is 0.269 e. The highest BCUT2D eigenvalue weighted by molar-refractivity contribution is 6.39. The summed E-state index contributed by atoms with van der Waals surface area (Å²) in [6.07, 6.45) is 0.354. The largest absolute Gasteiger partial charge is 0.387 e. The summed E-state index contributed by atoms with van der Waals surface area (Å²) < 4.78 is 0. The molecule has 1 N–H and O–H groups in total. The van der Waals surface area contributed by atoms with Crippen molar-refractivity contribution in [2.75, 3.05) is 20.6 Å². The summed E-state index contributed by atoms with van der Waals surface area (Å²) in [5.74, 6) is -0.150. The van der Waals surface area contributed by atoms with E-state index in [1.807, 2.05) is 44.4 Å². The molecular weight excluding hydrogens is 266 g/mol. The Hall–Kier alpha value is -1.88. The monoisotopic (exact) mass is 289 g/mol. The van der Waals surface area contributed by atoms with E-state index in [4.69, 9.17) is 4.84 Å². The van der Waals surface area contributed by atoms with E-state index >= 15 is 0 Å². The van der Waals surface area contributed by atoms with Crippen molar-refractivity contribution in [3.63, 3.8) is 0 Å². The average Bonchev–Trinajstić information content (AvgIpc) is 2.95. The van der Waals surface area contributed by atoms with Crippen LogP contribution >= 0.6 is 0 Å². The Morgan fingerprint density at radius 3 is 2.67 bits per heavy atom. The number of amides is 1. The molecule has 0 aromatic heterocycles. The molecule has 0 saturated heterocycles. The van der Waals surface area contributed by atoms with Gasteiger partial charge >= 0.3 is 0 Å². The van der Waals surface area contributed by atoms with E-state index in [-0.39, 0.29) is 17.6 Å². The lowest BCUT2D eigenvalue weighted by atomic mass is 10.0. The van der Waals surface area contributed by atoms with Crippen LogP contribution in [0, 0.1) is 0 Å². The molecule has 0 radical (unpaired) electrons. The number of nitrogens with zero attached hydrogens (tertiary/aromatic N) is 2. The molecule has 5 heteroatoms. The molecule has 1 heterocycles. The van der Waals surface area contributed by atoms with E-state index in [9.17, 15) is 4.79 Å². The molecule has 0 bridgehead atoms. The number of oxime groups is 1. The molecule has 1 aromatic carbocycles. The van der Waals surface area contributed by atoms with Gasteiger partial charge in [-0.2, -0.15) is 0 Å². The average molecular weight is 289 g/mol. The molecule has 21 heavy (non-hydrogen) atoms. The van der Waals surface area contributed by atoms with Crippen molar-refractivity contribution in [1.29, 1.82) is 0 Å². The number of likely N-dealkylation sites (N-methyl/N-ethyl adjacent to an activating group) is 1. The SMILES string of the molecule is CN(C)C(C)(C)CNC(=O)C1=NOC(c2ccccc2)C1. The van der Waals surface area contributed by atoms with Gasteiger partial charge in [0.1, 0.15) is 5.71 Å². The fraction of sp³-hybridized carbons (Fsp3) is 0.500. The molecule has 1 aliphatic heterocycles. The number of benzene rings is 1. The molecule has 1 aromatic rings. The summed E-state index contributed by atoms with van der Waals surface area (Å²) in [7, 11) is 3.99. The Morgan fingerprint density at radius 2 is 2.05 bits per heavy atom. The molecule has 0 aliphatic carbocycles. The van der Waals surface area contributed by atoms with Gasteiger partial charge in [0.2, 0.25) is 0 Å². The molecule has 114 valence electrons. The van der Waals surface area contributed by atoms with E-state index in [0.717, 1.165) is 5.56 Å². The molecule has 1 unspecified atom stereocenters. The van der Waals surface area contributed by atoms with Crippen molar-refractivity contribution in [2.45, 2.75) is 31.9 Å². The zero-order chi connectivity index (χ0) is 15.5. The number of hydrogen-bond acceptors (Lipinski definition) is 4. The van der Waals surface area contributed by atoms with Gasteiger partial charge in [-0.15, -0.1) is 0 Å². The third kappa shape index (κ3) is 3.82. The summed E-state index contributed by atoms with van der Waals surface area (Å²) in [4.78, 5) is 19.6. The fourth-order valence-electron chi connectivity index (χ4n) is 1.91. The Balaban J connectivity index is 1.88. The zero-order valence-electron chi connectivity index (χ0n) is 13.1. The van der Waals surface area contributed by atoms with Crippen LogP contribution in [0.15, 0.2) is 35.5 Å². The van der Waals surface area contributed by atoms with Crippen LogP contribution in [-0.4, -0.2) is 42.7 Å². The number of rotatable bonds is 5. The Bertz CT molecular complexity index is 524. The normalized spacial score (nSPS) is 18.3. The summed E-state index contributed by atoms with van der Waals surface area (Å²) in [5.41, 5.74) is 1.39.